The number of aryl methyl sites for hydroxylation is 1. The first-order chi connectivity index (χ1) is 9.39. The number of rotatable bonds is 2. The van der Waals surface area contributed by atoms with Crippen LogP contribution in [0, 0.1) is 6.92 Å². The van der Waals surface area contributed by atoms with Gasteiger partial charge in [-0.25, -0.2) is 8.42 Å². The van der Waals surface area contributed by atoms with E-state index < -0.39 is 10.0 Å². The van der Waals surface area contributed by atoms with Crippen molar-refractivity contribution in [2.24, 2.45) is 0 Å². The molecule has 0 aromatic heterocycles. The van der Waals surface area contributed by atoms with Gasteiger partial charge in [0.15, 0.2) is 0 Å². The molecule has 0 aliphatic carbocycles. The van der Waals surface area contributed by atoms with Crippen LogP contribution in [0.4, 0.5) is 5.69 Å². The SMILES string of the molecule is Cc1ccc(S(=O)(=O)N2C3CCC2CC(O)C3)cc1N. The van der Waals surface area contributed by atoms with Gasteiger partial charge in [0.05, 0.1) is 11.0 Å². The van der Waals surface area contributed by atoms with Crippen LogP contribution in [0.5, 0.6) is 0 Å². The molecule has 2 bridgehead atoms. The molecule has 2 aliphatic heterocycles. The molecule has 3 N–H and O–H groups in total. The second-order valence-corrected chi connectivity index (χ2v) is 7.71. The summed E-state index contributed by atoms with van der Waals surface area (Å²) in [5, 5.41) is 9.78. The van der Waals surface area contributed by atoms with Gasteiger partial charge in [-0.1, -0.05) is 6.07 Å². The number of aliphatic hydroxyl groups is 1. The fourth-order valence-corrected chi connectivity index (χ4v) is 5.33. The highest BCUT2D eigenvalue weighted by atomic mass is 32.2. The zero-order valence-corrected chi connectivity index (χ0v) is 12.3. The van der Waals surface area contributed by atoms with Crippen molar-refractivity contribution in [3.63, 3.8) is 0 Å². The number of anilines is 1. The standard InChI is InChI=1S/C14H20N2O3S/c1-9-2-5-13(8-14(9)15)20(18,19)16-10-3-4-11(16)7-12(17)6-10/h2,5,8,10-12,17H,3-4,6-7,15H2,1H3. The number of nitrogens with two attached hydrogens (primary N) is 1. The molecular formula is C14H20N2O3S. The van der Waals surface area contributed by atoms with Crippen LogP contribution in [0.25, 0.3) is 0 Å². The van der Waals surface area contributed by atoms with Crippen molar-refractivity contribution in [3.8, 4) is 0 Å². The monoisotopic (exact) mass is 296 g/mol. The maximum absolute atomic E-state index is 12.8. The van der Waals surface area contributed by atoms with E-state index in [0.29, 0.717) is 18.5 Å². The molecule has 0 spiro atoms. The van der Waals surface area contributed by atoms with Crippen molar-refractivity contribution in [2.45, 2.75) is 55.7 Å². The zero-order valence-electron chi connectivity index (χ0n) is 11.5. The van der Waals surface area contributed by atoms with Gasteiger partial charge in [0.25, 0.3) is 0 Å². The third-order valence-corrected chi connectivity index (χ3v) is 6.47. The minimum absolute atomic E-state index is 0.0729. The van der Waals surface area contributed by atoms with E-state index in [1.165, 1.54) is 6.07 Å². The predicted octanol–water partition coefficient (Wildman–Crippen LogP) is 1.25. The number of hydrogen-bond donors (Lipinski definition) is 2. The quantitative estimate of drug-likeness (QED) is 0.805. The molecule has 0 amide bonds. The summed E-state index contributed by atoms with van der Waals surface area (Å²) in [6.07, 6.45) is 2.38. The summed E-state index contributed by atoms with van der Waals surface area (Å²) in [4.78, 5) is 0.258. The van der Waals surface area contributed by atoms with Crippen LogP contribution in [-0.2, 0) is 10.0 Å². The summed E-state index contributed by atoms with van der Waals surface area (Å²) < 4.78 is 27.2. The molecule has 0 saturated carbocycles. The normalized spacial score (nSPS) is 30.6. The smallest absolute Gasteiger partial charge is 0.243 e. The Labute approximate surface area is 119 Å². The lowest BCUT2D eigenvalue weighted by molar-refractivity contribution is 0.0769. The first kappa shape index (κ1) is 13.9. The van der Waals surface area contributed by atoms with E-state index in [1.807, 2.05) is 6.92 Å². The highest BCUT2D eigenvalue weighted by molar-refractivity contribution is 7.89. The Kier molecular flexibility index (Phi) is 3.27. The molecular weight excluding hydrogens is 276 g/mol. The van der Waals surface area contributed by atoms with Gasteiger partial charge in [0.2, 0.25) is 10.0 Å². The zero-order chi connectivity index (χ0) is 14.5. The number of nitrogens with zero attached hydrogens (tertiary/aromatic N) is 1. The molecule has 3 rings (SSSR count). The lowest BCUT2D eigenvalue weighted by Gasteiger charge is -2.36. The number of sulfonamides is 1. The van der Waals surface area contributed by atoms with Gasteiger partial charge in [0, 0.05) is 17.8 Å². The second kappa shape index (κ2) is 4.72. The van der Waals surface area contributed by atoms with Gasteiger partial charge in [0.1, 0.15) is 0 Å². The molecule has 2 heterocycles. The summed E-state index contributed by atoms with van der Waals surface area (Å²) in [7, 11) is -3.52. The fourth-order valence-electron chi connectivity index (χ4n) is 3.40. The average Bonchev–Trinajstić information content (AvgIpc) is 2.66. The van der Waals surface area contributed by atoms with E-state index in [9.17, 15) is 13.5 Å². The number of hydrogen-bond acceptors (Lipinski definition) is 4. The third kappa shape index (κ3) is 2.12. The second-order valence-electron chi connectivity index (χ2n) is 5.86. The maximum atomic E-state index is 12.8. The summed E-state index contributed by atoms with van der Waals surface area (Å²) >= 11 is 0. The van der Waals surface area contributed by atoms with E-state index in [2.05, 4.69) is 0 Å². The Balaban J connectivity index is 1.98. The molecule has 2 atom stereocenters. The molecule has 20 heavy (non-hydrogen) atoms. The minimum Gasteiger partial charge on any atom is -0.398 e. The average molecular weight is 296 g/mol. The number of benzene rings is 1. The van der Waals surface area contributed by atoms with Crippen LogP contribution in [0.2, 0.25) is 0 Å². The molecule has 2 aliphatic rings. The Bertz CT molecular complexity index is 615. The van der Waals surface area contributed by atoms with E-state index >= 15 is 0 Å². The van der Waals surface area contributed by atoms with Crippen molar-refractivity contribution in [3.05, 3.63) is 23.8 Å². The first-order valence-electron chi connectivity index (χ1n) is 6.97. The Hall–Kier alpha value is -1.11. The Morgan fingerprint density at radius 1 is 1.25 bits per heavy atom. The highest BCUT2D eigenvalue weighted by Gasteiger charge is 2.46. The van der Waals surface area contributed by atoms with Gasteiger partial charge in [-0.3, -0.25) is 0 Å². The van der Waals surface area contributed by atoms with E-state index in [0.717, 1.165) is 18.4 Å². The minimum atomic E-state index is -3.52. The molecule has 2 saturated heterocycles. The van der Waals surface area contributed by atoms with Crippen molar-refractivity contribution in [1.82, 2.24) is 4.31 Å². The molecule has 2 fully saturated rings. The van der Waals surface area contributed by atoms with Gasteiger partial charge >= 0.3 is 0 Å². The highest BCUT2D eigenvalue weighted by Crippen LogP contribution is 2.40. The topological polar surface area (TPSA) is 83.6 Å². The molecule has 0 radical (unpaired) electrons. The van der Waals surface area contributed by atoms with Crippen molar-refractivity contribution >= 4 is 15.7 Å². The summed E-state index contributed by atoms with van der Waals surface area (Å²) in [6.45, 7) is 1.85. The van der Waals surface area contributed by atoms with Gasteiger partial charge < -0.3 is 10.8 Å². The Morgan fingerprint density at radius 3 is 2.40 bits per heavy atom. The van der Waals surface area contributed by atoms with Crippen molar-refractivity contribution < 1.29 is 13.5 Å². The largest absolute Gasteiger partial charge is 0.398 e. The molecule has 2 unspecified atom stereocenters. The van der Waals surface area contributed by atoms with Crippen molar-refractivity contribution in [2.75, 3.05) is 5.73 Å². The third-order valence-electron chi connectivity index (χ3n) is 4.47. The van der Waals surface area contributed by atoms with Crippen LogP contribution >= 0.6 is 0 Å². The Morgan fingerprint density at radius 2 is 1.85 bits per heavy atom. The molecule has 1 aromatic carbocycles. The van der Waals surface area contributed by atoms with Crippen LogP contribution in [0.15, 0.2) is 23.1 Å². The van der Waals surface area contributed by atoms with Gasteiger partial charge in [-0.2, -0.15) is 4.31 Å². The lowest BCUT2D eigenvalue weighted by Crippen LogP contribution is -2.47. The van der Waals surface area contributed by atoms with E-state index in [4.69, 9.17) is 5.73 Å². The maximum Gasteiger partial charge on any atom is 0.243 e. The summed E-state index contributed by atoms with van der Waals surface area (Å²) in [5.41, 5.74) is 7.20. The van der Waals surface area contributed by atoms with Crippen LogP contribution in [-0.4, -0.2) is 36.0 Å². The van der Waals surface area contributed by atoms with Crippen molar-refractivity contribution in [1.29, 1.82) is 0 Å². The number of fused-ring (bicyclic) bond motifs is 2. The van der Waals surface area contributed by atoms with Gasteiger partial charge in [-0.05, 0) is 50.3 Å². The first-order valence-corrected chi connectivity index (χ1v) is 8.41. The molecule has 6 heteroatoms. The summed E-state index contributed by atoms with van der Waals surface area (Å²) in [5.74, 6) is 0. The van der Waals surface area contributed by atoms with Crippen LogP contribution < -0.4 is 5.73 Å². The molecule has 5 nitrogen and oxygen atoms in total. The van der Waals surface area contributed by atoms with Crippen LogP contribution in [0.3, 0.4) is 0 Å². The fraction of sp³-hybridized carbons (Fsp3) is 0.571. The number of aliphatic hydroxyl groups excluding tert-OH is 1. The predicted molar refractivity (Wildman–Crippen MR) is 76.7 cm³/mol. The van der Waals surface area contributed by atoms with E-state index in [1.54, 1.807) is 16.4 Å². The van der Waals surface area contributed by atoms with E-state index in [-0.39, 0.29) is 23.1 Å². The number of nitrogen functional groups attached to an aromatic ring is 1. The number of piperidine rings is 1. The van der Waals surface area contributed by atoms with Crippen LogP contribution in [0.1, 0.15) is 31.2 Å². The summed E-state index contributed by atoms with van der Waals surface area (Å²) in [6, 6.07) is 4.75. The lowest BCUT2D eigenvalue weighted by atomic mass is 10.0. The molecule has 110 valence electrons. The van der Waals surface area contributed by atoms with Gasteiger partial charge in [-0.15, -0.1) is 0 Å². The molecule has 1 aromatic rings.